The van der Waals surface area contributed by atoms with E-state index in [1.165, 1.54) is 29.9 Å². The zero-order valence-corrected chi connectivity index (χ0v) is 14.3. The number of imidazole rings is 1. The third kappa shape index (κ3) is 3.52. The third-order valence-corrected chi connectivity index (χ3v) is 6.30. The Bertz CT molecular complexity index is 550. The maximum absolute atomic E-state index is 4.57. The molecule has 3 atom stereocenters. The highest BCUT2D eigenvalue weighted by molar-refractivity contribution is 7.99. The van der Waals surface area contributed by atoms with E-state index in [1.807, 2.05) is 23.7 Å². The molecule has 3 nitrogen and oxygen atoms in total. The van der Waals surface area contributed by atoms with Crippen LogP contribution in [0.25, 0.3) is 0 Å². The van der Waals surface area contributed by atoms with Crippen molar-refractivity contribution in [3.8, 4) is 0 Å². The van der Waals surface area contributed by atoms with E-state index in [2.05, 4.69) is 58.1 Å². The fourth-order valence-corrected chi connectivity index (χ4v) is 5.03. The van der Waals surface area contributed by atoms with Crippen LogP contribution in [0.1, 0.15) is 42.9 Å². The highest BCUT2D eigenvalue weighted by atomic mass is 32.2. The summed E-state index contributed by atoms with van der Waals surface area (Å²) >= 11 is 3.92. The van der Waals surface area contributed by atoms with E-state index in [9.17, 15) is 0 Å². The summed E-state index contributed by atoms with van der Waals surface area (Å²) in [6.45, 7) is 2.26. The van der Waals surface area contributed by atoms with E-state index in [4.69, 9.17) is 0 Å². The molecule has 21 heavy (non-hydrogen) atoms. The number of nitrogens with one attached hydrogen (secondary N) is 1. The topological polar surface area (TPSA) is 29.9 Å². The molecular formula is C16H23N3S2. The van der Waals surface area contributed by atoms with Crippen molar-refractivity contribution in [2.24, 2.45) is 7.05 Å². The summed E-state index contributed by atoms with van der Waals surface area (Å²) in [6.07, 6.45) is 7.83. The van der Waals surface area contributed by atoms with Gasteiger partial charge in [-0.3, -0.25) is 0 Å². The van der Waals surface area contributed by atoms with E-state index in [-0.39, 0.29) is 6.04 Å². The first-order chi connectivity index (χ1) is 10.3. The Balaban J connectivity index is 1.74. The van der Waals surface area contributed by atoms with Crippen LogP contribution in [0.15, 0.2) is 29.9 Å². The van der Waals surface area contributed by atoms with Gasteiger partial charge >= 0.3 is 0 Å². The Hall–Kier alpha value is -0.780. The molecule has 3 rings (SSSR count). The lowest BCUT2D eigenvalue weighted by Crippen LogP contribution is -2.33. The summed E-state index contributed by atoms with van der Waals surface area (Å²) in [7, 11) is 2.08. The molecule has 2 aromatic rings. The number of hydrogen-bond acceptors (Lipinski definition) is 4. The minimum Gasteiger partial charge on any atom is -0.336 e. The van der Waals surface area contributed by atoms with Crippen LogP contribution in [-0.4, -0.2) is 26.6 Å². The molecule has 114 valence electrons. The monoisotopic (exact) mass is 321 g/mol. The fourth-order valence-electron chi connectivity index (χ4n) is 3.11. The molecule has 0 spiro atoms. The van der Waals surface area contributed by atoms with Gasteiger partial charge in [0.2, 0.25) is 0 Å². The predicted octanol–water partition coefficient (Wildman–Crippen LogP) is 3.83. The molecule has 0 saturated heterocycles. The van der Waals surface area contributed by atoms with Gasteiger partial charge in [-0.05, 0) is 36.5 Å². The van der Waals surface area contributed by atoms with Crippen molar-refractivity contribution in [1.29, 1.82) is 0 Å². The first kappa shape index (κ1) is 15.1. The van der Waals surface area contributed by atoms with Gasteiger partial charge in [-0.25, -0.2) is 4.98 Å². The molecule has 3 unspecified atom stereocenters. The number of thioether (sulfide) groups is 1. The van der Waals surface area contributed by atoms with Crippen LogP contribution in [0.3, 0.4) is 0 Å². The number of nitrogens with zero attached hydrogens (tertiary/aromatic N) is 2. The van der Waals surface area contributed by atoms with Crippen LogP contribution >= 0.6 is 23.1 Å². The first-order valence-corrected chi connectivity index (χ1v) is 9.59. The van der Waals surface area contributed by atoms with Crippen LogP contribution in [0, 0.1) is 0 Å². The third-order valence-electron chi connectivity index (χ3n) is 4.13. The molecule has 1 aliphatic rings. The van der Waals surface area contributed by atoms with Crippen LogP contribution in [-0.2, 0) is 7.05 Å². The molecule has 1 fully saturated rings. The highest BCUT2D eigenvalue weighted by Gasteiger charge is 2.29. The second-order valence-corrected chi connectivity index (χ2v) is 8.16. The van der Waals surface area contributed by atoms with Crippen molar-refractivity contribution in [1.82, 2.24) is 14.9 Å². The Morgan fingerprint density at radius 3 is 3.10 bits per heavy atom. The summed E-state index contributed by atoms with van der Waals surface area (Å²) in [5.41, 5.74) is 0. The molecule has 0 aromatic carbocycles. The molecule has 0 amide bonds. The summed E-state index contributed by atoms with van der Waals surface area (Å²) in [5, 5.41) is 6.85. The van der Waals surface area contributed by atoms with E-state index in [0.717, 1.165) is 11.1 Å². The Morgan fingerprint density at radius 2 is 2.43 bits per heavy atom. The van der Waals surface area contributed by atoms with Crippen LogP contribution < -0.4 is 5.32 Å². The van der Waals surface area contributed by atoms with Crippen molar-refractivity contribution >= 4 is 23.1 Å². The van der Waals surface area contributed by atoms with Crippen LogP contribution in [0.5, 0.6) is 0 Å². The quantitative estimate of drug-likeness (QED) is 0.877. The van der Waals surface area contributed by atoms with Crippen molar-refractivity contribution in [3.05, 3.63) is 40.6 Å². The number of aromatic nitrogens is 2. The summed E-state index contributed by atoms with van der Waals surface area (Å²) < 4.78 is 2.13. The zero-order chi connectivity index (χ0) is 14.7. The summed E-state index contributed by atoms with van der Waals surface area (Å²) in [5.74, 6) is 2.34. The number of hydrogen-bond donors (Lipinski definition) is 1. The largest absolute Gasteiger partial charge is 0.336 e. The minimum atomic E-state index is 0.223. The van der Waals surface area contributed by atoms with Crippen molar-refractivity contribution in [2.45, 2.75) is 43.5 Å². The van der Waals surface area contributed by atoms with Gasteiger partial charge in [0.15, 0.2) is 0 Å². The van der Waals surface area contributed by atoms with Gasteiger partial charge in [0.1, 0.15) is 11.9 Å². The molecule has 2 aromatic heterocycles. The van der Waals surface area contributed by atoms with Gasteiger partial charge in [0.05, 0.1) is 0 Å². The standard InChI is InChI=1S/C16H23N3S2/c1-3-20-13-7-6-12(11-13)18-15(14-5-4-10-21-14)16-17-8-9-19(16)2/h4-5,8-10,12-13,15,18H,3,6-7,11H2,1-2H3. The molecule has 1 aliphatic carbocycles. The van der Waals surface area contributed by atoms with Gasteiger partial charge in [-0.15, -0.1) is 11.3 Å². The van der Waals surface area contributed by atoms with E-state index in [1.54, 1.807) is 0 Å². The smallest absolute Gasteiger partial charge is 0.131 e. The van der Waals surface area contributed by atoms with Crippen molar-refractivity contribution < 1.29 is 0 Å². The summed E-state index contributed by atoms with van der Waals surface area (Å²) in [4.78, 5) is 5.93. The fraction of sp³-hybridized carbons (Fsp3) is 0.562. The Labute approximate surface area is 135 Å². The minimum absolute atomic E-state index is 0.223. The second kappa shape index (κ2) is 6.99. The maximum Gasteiger partial charge on any atom is 0.131 e. The Morgan fingerprint density at radius 1 is 1.52 bits per heavy atom. The normalized spacial score (nSPS) is 23.5. The molecule has 5 heteroatoms. The van der Waals surface area contributed by atoms with Gasteiger partial charge in [-0.1, -0.05) is 13.0 Å². The van der Waals surface area contributed by atoms with Gasteiger partial charge in [0.25, 0.3) is 0 Å². The number of rotatable bonds is 6. The van der Waals surface area contributed by atoms with Crippen LogP contribution in [0.4, 0.5) is 0 Å². The molecule has 0 radical (unpaired) electrons. The molecular weight excluding hydrogens is 298 g/mol. The van der Waals surface area contributed by atoms with E-state index >= 15 is 0 Å². The molecule has 2 heterocycles. The Kier molecular flexibility index (Phi) is 5.03. The highest BCUT2D eigenvalue weighted by Crippen LogP contribution is 2.33. The predicted molar refractivity (Wildman–Crippen MR) is 92.1 cm³/mol. The van der Waals surface area contributed by atoms with Crippen molar-refractivity contribution in [3.63, 3.8) is 0 Å². The molecule has 0 bridgehead atoms. The lowest BCUT2D eigenvalue weighted by atomic mass is 10.1. The first-order valence-electron chi connectivity index (χ1n) is 7.66. The van der Waals surface area contributed by atoms with Gasteiger partial charge in [0, 0.05) is 35.6 Å². The van der Waals surface area contributed by atoms with Crippen LogP contribution in [0.2, 0.25) is 0 Å². The molecule has 0 aliphatic heterocycles. The average Bonchev–Trinajstić information content (AvgIpc) is 3.18. The average molecular weight is 322 g/mol. The second-order valence-electron chi connectivity index (χ2n) is 5.60. The lowest BCUT2D eigenvalue weighted by Gasteiger charge is -2.22. The van der Waals surface area contributed by atoms with Gasteiger partial charge in [-0.2, -0.15) is 11.8 Å². The number of aryl methyl sites for hydroxylation is 1. The van der Waals surface area contributed by atoms with Crippen molar-refractivity contribution in [2.75, 3.05) is 5.75 Å². The zero-order valence-electron chi connectivity index (χ0n) is 12.7. The molecule has 1 N–H and O–H groups in total. The number of thiophene rings is 1. The maximum atomic E-state index is 4.57. The molecule has 1 saturated carbocycles. The van der Waals surface area contributed by atoms with Gasteiger partial charge < -0.3 is 9.88 Å². The summed E-state index contributed by atoms with van der Waals surface area (Å²) in [6, 6.07) is 5.17. The van der Waals surface area contributed by atoms with E-state index in [0.29, 0.717) is 6.04 Å². The van der Waals surface area contributed by atoms with E-state index < -0.39 is 0 Å². The lowest BCUT2D eigenvalue weighted by molar-refractivity contribution is 0.463. The SMILES string of the molecule is CCSC1CCC(NC(c2cccs2)c2nccn2C)C1.